The van der Waals surface area contributed by atoms with Crippen molar-refractivity contribution in [2.45, 2.75) is 33.7 Å². The molecule has 0 saturated carbocycles. The van der Waals surface area contributed by atoms with Crippen LogP contribution >= 0.6 is 11.6 Å². The summed E-state index contributed by atoms with van der Waals surface area (Å²) in [5.41, 5.74) is 2.61. The van der Waals surface area contributed by atoms with Crippen molar-refractivity contribution in [1.82, 2.24) is 14.5 Å². The van der Waals surface area contributed by atoms with Crippen molar-refractivity contribution < 1.29 is 4.79 Å². The van der Waals surface area contributed by atoms with E-state index in [4.69, 9.17) is 16.6 Å². The lowest BCUT2D eigenvalue weighted by Gasteiger charge is -2.32. The van der Waals surface area contributed by atoms with Gasteiger partial charge in [-0.05, 0) is 56.2 Å². The molecular formula is C28H28ClN3O2. The smallest absolute Gasteiger partial charge is 0.266 e. The van der Waals surface area contributed by atoms with E-state index < -0.39 is 6.04 Å². The van der Waals surface area contributed by atoms with Crippen molar-refractivity contribution in [3.8, 4) is 5.69 Å². The number of benzene rings is 3. The largest absolute Gasteiger partial charge is 0.328 e. The molecule has 3 aromatic carbocycles. The Morgan fingerprint density at radius 2 is 1.62 bits per heavy atom. The molecule has 0 fully saturated rings. The summed E-state index contributed by atoms with van der Waals surface area (Å²) >= 11 is 6.53. The maximum Gasteiger partial charge on any atom is 0.266 e. The number of aryl methyl sites for hydroxylation is 1. The average Bonchev–Trinajstić information content (AvgIpc) is 2.83. The van der Waals surface area contributed by atoms with Crippen molar-refractivity contribution >= 4 is 28.4 Å². The number of carbonyl (C=O) groups is 1. The lowest BCUT2D eigenvalue weighted by atomic mass is 10.1. The zero-order chi connectivity index (χ0) is 24.4. The van der Waals surface area contributed by atoms with Crippen LogP contribution in [-0.2, 0) is 0 Å². The molecule has 0 bridgehead atoms. The van der Waals surface area contributed by atoms with Gasteiger partial charge in [0.25, 0.3) is 11.5 Å². The van der Waals surface area contributed by atoms with Gasteiger partial charge in [0.1, 0.15) is 5.82 Å². The van der Waals surface area contributed by atoms with E-state index in [-0.39, 0.29) is 17.4 Å². The molecule has 4 rings (SSSR count). The molecule has 4 aromatic rings. The van der Waals surface area contributed by atoms with Gasteiger partial charge in [0.15, 0.2) is 0 Å². The van der Waals surface area contributed by atoms with Crippen molar-refractivity contribution in [3.63, 3.8) is 0 Å². The van der Waals surface area contributed by atoms with Gasteiger partial charge in [-0.2, -0.15) is 0 Å². The fraction of sp³-hybridized carbons (Fsp3) is 0.250. The van der Waals surface area contributed by atoms with Crippen LogP contribution in [0.5, 0.6) is 0 Å². The third-order valence-corrected chi connectivity index (χ3v) is 6.18. The molecule has 0 aliphatic heterocycles. The minimum Gasteiger partial charge on any atom is -0.328 e. The number of fused-ring (bicyclic) bond motifs is 1. The first kappa shape index (κ1) is 23.7. The lowest BCUT2D eigenvalue weighted by molar-refractivity contribution is 0.0655. The molecule has 1 heterocycles. The summed E-state index contributed by atoms with van der Waals surface area (Å²) in [6.45, 7) is 8.55. The molecular weight excluding hydrogens is 446 g/mol. The second-order valence-electron chi connectivity index (χ2n) is 8.97. The Morgan fingerprint density at radius 1 is 0.971 bits per heavy atom. The van der Waals surface area contributed by atoms with Crippen LogP contribution in [0, 0.1) is 12.8 Å². The highest BCUT2D eigenvalue weighted by Crippen LogP contribution is 2.28. The Bertz CT molecular complexity index is 1390. The average molecular weight is 474 g/mol. The van der Waals surface area contributed by atoms with Gasteiger partial charge in [0.2, 0.25) is 0 Å². The summed E-state index contributed by atoms with van der Waals surface area (Å²) in [5, 5.41) is 0.939. The summed E-state index contributed by atoms with van der Waals surface area (Å²) in [5.74, 6) is 0.588. The number of nitrogens with zero attached hydrogens (tertiary/aromatic N) is 3. The molecule has 0 saturated heterocycles. The van der Waals surface area contributed by atoms with Gasteiger partial charge in [-0.25, -0.2) is 4.98 Å². The summed E-state index contributed by atoms with van der Waals surface area (Å²) in [7, 11) is 0. The second kappa shape index (κ2) is 9.82. The van der Waals surface area contributed by atoms with Crippen LogP contribution in [0.2, 0.25) is 5.02 Å². The zero-order valence-electron chi connectivity index (χ0n) is 19.8. The molecule has 174 valence electrons. The predicted octanol–water partition coefficient (Wildman–Crippen LogP) is 6.21. The first-order valence-electron chi connectivity index (χ1n) is 11.4. The molecule has 1 amide bonds. The number of amides is 1. The molecule has 5 nitrogen and oxygen atoms in total. The van der Waals surface area contributed by atoms with E-state index in [1.54, 1.807) is 27.7 Å². The first-order chi connectivity index (χ1) is 16.3. The van der Waals surface area contributed by atoms with E-state index in [2.05, 4.69) is 13.8 Å². The maximum atomic E-state index is 13.7. The molecule has 0 N–H and O–H groups in total. The van der Waals surface area contributed by atoms with E-state index in [1.807, 2.05) is 68.4 Å². The molecule has 0 aliphatic carbocycles. The predicted molar refractivity (Wildman–Crippen MR) is 138 cm³/mol. The van der Waals surface area contributed by atoms with Gasteiger partial charge < -0.3 is 4.90 Å². The van der Waals surface area contributed by atoms with Gasteiger partial charge in [0.05, 0.1) is 27.7 Å². The van der Waals surface area contributed by atoms with E-state index in [0.717, 1.165) is 5.56 Å². The van der Waals surface area contributed by atoms with Crippen LogP contribution in [0.1, 0.15) is 48.6 Å². The maximum absolute atomic E-state index is 13.7. The molecule has 1 unspecified atom stereocenters. The van der Waals surface area contributed by atoms with Crippen LogP contribution in [0.4, 0.5) is 0 Å². The Balaban J connectivity index is 1.93. The highest BCUT2D eigenvalue weighted by molar-refractivity contribution is 6.32. The highest BCUT2D eigenvalue weighted by Gasteiger charge is 2.28. The number of carbonyl (C=O) groups excluding carboxylic acids is 1. The molecule has 0 aliphatic rings. The minimum absolute atomic E-state index is 0.102. The molecule has 1 atom stereocenters. The number of rotatable bonds is 6. The van der Waals surface area contributed by atoms with E-state index >= 15 is 0 Å². The topological polar surface area (TPSA) is 55.2 Å². The van der Waals surface area contributed by atoms with Gasteiger partial charge in [-0.15, -0.1) is 0 Å². The molecule has 1 aromatic heterocycles. The Labute approximate surface area is 204 Å². The zero-order valence-corrected chi connectivity index (χ0v) is 20.6. The second-order valence-corrected chi connectivity index (χ2v) is 9.38. The Hall–Kier alpha value is -3.44. The van der Waals surface area contributed by atoms with E-state index in [1.165, 1.54) is 0 Å². The molecule has 6 heteroatoms. The van der Waals surface area contributed by atoms with Crippen LogP contribution < -0.4 is 5.56 Å². The third kappa shape index (κ3) is 4.62. The van der Waals surface area contributed by atoms with Crippen molar-refractivity contribution in [3.05, 3.63) is 105 Å². The first-order valence-corrected chi connectivity index (χ1v) is 11.8. The van der Waals surface area contributed by atoms with Gasteiger partial charge in [-0.3, -0.25) is 14.2 Å². The fourth-order valence-corrected chi connectivity index (χ4v) is 4.33. The lowest BCUT2D eigenvalue weighted by Crippen LogP contribution is -2.39. The van der Waals surface area contributed by atoms with E-state index in [9.17, 15) is 9.59 Å². The Kier molecular flexibility index (Phi) is 6.85. The monoisotopic (exact) mass is 473 g/mol. The summed E-state index contributed by atoms with van der Waals surface area (Å²) < 4.78 is 1.55. The van der Waals surface area contributed by atoms with Crippen LogP contribution in [0.25, 0.3) is 16.6 Å². The van der Waals surface area contributed by atoms with Gasteiger partial charge >= 0.3 is 0 Å². The molecule has 0 radical (unpaired) electrons. The molecule has 0 spiro atoms. The van der Waals surface area contributed by atoms with Crippen molar-refractivity contribution in [2.75, 3.05) is 6.54 Å². The Morgan fingerprint density at radius 3 is 2.29 bits per heavy atom. The minimum atomic E-state index is -0.482. The van der Waals surface area contributed by atoms with Crippen LogP contribution in [0.3, 0.4) is 0 Å². The van der Waals surface area contributed by atoms with Crippen molar-refractivity contribution in [2.24, 2.45) is 5.92 Å². The summed E-state index contributed by atoms with van der Waals surface area (Å²) in [6.07, 6.45) is 0. The van der Waals surface area contributed by atoms with Crippen molar-refractivity contribution in [1.29, 1.82) is 0 Å². The number of hydrogen-bond acceptors (Lipinski definition) is 3. The third-order valence-electron chi connectivity index (χ3n) is 5.86. The number of aromatic nitrogens is 2. The SMILES string of the molecule is Cc1ccc(C(=O)N(CC(C)C)C(C)c2nc3ccccc3c(=O)n2-c2ccccc2Cl)cc1. The number of halogens is 1. The standard InChI is InChI=1S/C28H28ClN3O2/c1-18(2)17-31(27(33)21-15-13-19(3)14-16-21)20(4)26-30-24-11-7-5-9-22(24)28(34)32(26)25-12-8-6-10-23(25)29/h5-16,18,20H,17H2,1-4H3. The van der Waals surface area contributed by atoms with E-state index in [0.29, 0.717) is 39.5 Å². The quantitative estimate of drug-likeness (QED) is 0.334. The van der Waals surface area contributed by atoms with Crippen LogP contribution in [0.15, 0.2) is 77.6 Å². The highest BCUT2D eigenvalue weighted by atomic mass is 35.5. The summed E-state index contributed by atoms with van der Waals surface area (Å²) in [6, 6.07) is 21.5. The molecule has 34 heavy (non-hydrogen) atoms. The summed E-state index contributed by atoms with van der Waals surface area (Å²) in [4.78, 5) is 34.0. The number of para-hydroxylation sites is 2. The fourth-order valence-electron chi connectivity index (χ4n) is 4.11. The normalized spacial score (nSPS) is 12.2. The number of hydrogen-bond donors (Lipinski definition) is 0. The van der Waals surface area contributed by atoms with Crippen LogP contribution in [-0.4, -0.2) is 26.9 Å². The van der Waals surface area contributed by atoms with Gasteiger partial charge in [-0.1, -0.05) is 67.4 Å². The van der Waals surface area contributed by atoms with Gasteiger partial charge in [0, 0.05) is 12.1 Å².